The molecular weight excluding hydrogens is 412 g/mol. The molecule has 0 atom stereocenters. The van der Waals surface area contributed by atoms with Crippen LogP contribution in [0.2, 0.25) is 0 Å². The van der Waals surface area contributed by atoms with E-state index in [1.165, 1.54) is 23.4 Å². The first-order valence-electron chi connectivity index (χ1n) is 10.8. The van der Waals surface area contributed by atoms with Crippen molar-refractivity contribution >= 4 is 27.4 Å². The van der Waals surface area contributed by atoms with E-state index in [2.05, 4.69) is 6.92 Å². The lowest BCUT2D eigenvalue weighted by molar-refractivity contribution is -0.123. The third-order valence-electron chi connectivity index (χ3n) is 5.75. The molecule has 1 saturated heterocycles. The van der Waals surface area contributed by atoms with Gasteiger partial charge in [-0.3, -0.25) is 9.59 Å². The summed E-state index contributed by atoms with van der Waals surface area (Å²) in [7, 11) is -3.70. The molecule has 0 bridgehead atoms. The zero-order chi connectivity index (χ0) is 22.4. The molecule has 2 aromatic rings. The first-order valence-corrected chi connectivity index (χ1v) is 12.3. The molecule has 1 aliphatic rings. The number of benzene rings is 2. The number of Topliss-reactive ketones (excluding diaryl/α,β-unsaturated/α-hetero) is 1. The van der Waals surface area contributed by atoms with Gasteiger partial charge in [-0.25, -0.2) is 8.42 Å². The molecular formula is C24H30N2O4S. The van der Waals surface area contributed by atoms with E-state index in [0.717, 1.165) is 18.5 Å². The van der Waals surface area contributed by atoms with Crippen LogP contribution < -0.4 is 4.90 Å². The standard InChI is InChI=1S/C24H30N2O4S/c1-3-4-15-26(22-10-6-5-7-11-22)24(28)20-13-16-25(17-14-20)31(29,30)23-12-8-9-21(18-23)19(2)27/h5-12,18,20H,3-4,13-17H2,1-2H3. The van der Waals surface area contributed by atoms with Crippen molar-refractivity contribution in [1.29, 1.82) is 0 Å². The van der Waals surface area contributed by atoms with Crippen molar-refractivity contribution in [1.82, 2.24) is 4.31 Å². The Hall–Kier alpha value is -2.51. The summed E-state index contributed by atoms with van der Waals surface area (Å²) in [6.07, 6.45) is 2.88. The second-order valence-electron chi connectivity index (χ2n) is 7.94. The Labute approximate surface area is 184 Å². The molecule has 0 radical (unpaired) electrons. The molecule has 0 aliphatic carbocycles. The van der Waals surface area contributed by atoms with Crippen LogP contribution >= 0.6 is 0 Å². The van der Waals surface area contributed by atoms with Gasteiger partial charge in [0.1, 0.15) is 0 Å². The van der Waals surface area contributed by atoms with Crippen LogP contribution in [0.15, 0.2) is 59.5 Å². The van der Waals surface area contributed by atoms with Gasteiger partial charge in [0, 0.05) is 36.8 Å². The van der Waals surface area contributed by atoms with Crippen LogP contribution in [0.4, 0.5) is 5.69 Å². The lowest BCUT2D eigenvalue weighted by Crippen LogP contribution is -2.44. The van der Waals surface area contributed by atoms with Gasteiger partial charge < -0.3 is 4.90 Å². The fourth-order valence-electron chi connectivity index (χ4n) is 3.88. The highest BCUT2D eigenvalue weighted by Crippen LogP contribution is 2.27. The Morgan fingerprint density at radius 2 is 1.71 bits per heavy atom. The summed E-state index contributed by atoms with van der Waals surface area (Å²) in [4.78, 5) is 26.9. The number of rotatable bonds is 8. The zero-order valence-electron chi connectivity index (χ0n) is 18.2. The maximum absolute atomic E-state index is 13.3. The van der Waals surface area contributed by atoms with Crippen LogP contribution in [-0.2, 0) is 14.8 Å². The minimum absolute atomic E-state index is 0.0651. The van der Waals surface area contributed by atoms with Crippen molar-refractivity contribution < 1.29 is 18.0 Å². The lowest BCUT2D eigenvalue weighted by atomic mass is 9.96. The highest BCUT2D eigenvalue weighted by Gasteiger charge is 2.34. The molecule has 1 amide bonds. The SMILES string of the molecule is CCCCN(C(=O)C1CCN(S(=O)(=O)c2cccc(C(C)=O)c2)CC1)c1ccccc1. The van der Waals surface area contributed by atoms with Gasteiger partial charge in [0.15, 0.2) is 5.78 Å². The predicted octanol–water partition coefficient (Wildman–Crippen LogP) is 4.12. The molecule has 0 saturated carbocycles. The average Bonchev–Trinajstić information content (AvgIpc) is 2.80. The number of piperidine rings is 1. The van der Waals surface area contributed by atoms with Gasteiger partial charge in [0.2, 0.25) is 15.9 Å². The van der Waals surface area contributed by atoms with E-state index in [1.807, 2.05) is 35.2 Å². The third-order valence-corrected chi connectivity index (χ3v) is 7.65. The molecule has 1 heterocycles. The van der Waals surface area contributed by atoms with Crippen molar-refractivity contribution in [2.24, 2.45) is 5.92 Å². The number of para-hydroxylation sites is 1. The summed E-state index contributed by atoms with van der Waals surface area (Å²) < 4.78 is 27.5. The molecule has 0 aromatic heterocycles. The number of ketones is 1. The number of sulfonamides is 1. The number of amides is 1. The maximum Gasteiger partial charge on any atom is 0.243 e. The highest BCUT2D eigenvalue weighted by atomic mass is 32.2. The van der Waals surface area contributed by atoms with Crippen LogP contribution in [-0.4, -0.2) is 44.0 Å². The van der Waals surface area contributed by atoms with Gasteiger partial charge in [-0.2, -0.15) is 4.31 Å². The Balaban J connectivity index is 1.71. The van der Waals surface area contributed by atoms with Crippen molar-refractivity contribution in [3.63, 3.8) is 0 Å². The smallest absolute Gasteiger partial charge is 0.243 e. The number of carbonyl (C=O) groups excluding carboxylic acids is 2. The molecule has 1 fully saturated rings. The monoisotopic (exact) mass is 442 g/mol. The van der Waals surface area contributed by atoms with Crippen LogP contribution in [0.5, 0.6) is 0 Å². The number of nitrogens with zero attached hydrogens (tertiary/aromatic N) is 2. The van der Waals surface area contributed by atoms with E-state index in [1.54, 1.807) is 12.1 Å². The molecule has 3 rings (SSSR count). The first kappa shape index (κ1) is 23.2. The van der Waals surface area contributed by atoms with Crippen molar-refractivity contribution in [3.8, 4) is 0 Å². The number of hydrogen-bond acceptors (Lipinski definition) is 4. The van der Waals surface area contributed by atoms with Gasteiger partial charge in [-0.1, -0.05) is 43.7 Å². The number of unbranched alkanes of at least 4 members (excludes halogenated alkanes) is 1. The molecule has 7 heteroatoms. The molecule has 1 aliphatic heterocycles. The first-order chi connectivity index (χ1) is 14.8. The van der Waals surface area contributed by atoms with Crippen molar-refractivity contribution in [3.05, 3.63) is 60.2 Å². The van der Waals surface area contributed by atoms with Gasteiger partial charge in [-0.05, 0) is 50.5 Å². The van der Waals surface area contributed by atoms with E-state index in [9.17, 15) is 18.0 Å². The van der Waals surface area contributed by atoms with Crippen LogP contribution in [0.25, 0.3) is 0 Å². The Bertz CT molecular complexity index is 1010. The van der Waals surface area contributed by atoms with E-state index < -0.39 is 10.0 Å². The molecule has 31 heavy (non-hydrogen) atoms. The largest absolute Gasteiger partial charge is 0.312 e. The quantitative estimate of drug-likeness (QED) is 0.576. The Kier molecular flexibility index (Phi) is 7.62. The van der Waals surface area contributed by atoms with E-state index in [-0.39, 0.29) is 22.5 Å². The predicted molar refractivity (Wildman–Crippen MR) is 122 cm³/mol. The molecule has 166 valence electrons. The minimum atomic E-state index is -3.70. The van der Waals surface area contributed by atoms with Gasteiger partial charge in [0.25, 0.3) is 0 Å². The third kappa shape index (κ3) is 5.40. The summed E-state index contributed by atoms with van der Waals surface area (Å²) in [5.74, 6) is -0.309. The average molecular weight is 443 g/mol. The Morgan fingerprint density at radius 1 is 1.03 bits per heavy atom. The summed E-state index contributed by atoms with van der Waals surface area (Å²) >= 11 is 0. The van der Waals surface area contributed by atoms with Crippen LogP contribution in [0.1, 0.15) is 49.9 Å². The van der Waals surface area contributed by atoms with E-state index >= 15 is 0 Å². The summed E-state index contributed by atoms with van der Waals surface area (Å²) in [6, 6.07) is 15.8. The molecule has 0 spiro atoms. The summed E-state index contributed by atoms with van der Waals surface area (Å²) in [6.45, 7) is 4.76. The van der Waals surface area contributed by atoms with Crippen LogP contribution in [0, 0.1) is 5.92 Å². The van der Waals surface area contributed by atoms with Gasteiger partial charge in [-0.15, -0.1) is 0 Å². The van der Waals surface area contributed by atoms with Gasteiger partial charge in [0.05, 0.1) is 4.90 Å². The topological polar surface area (TPSA) is 74.8 Å². The zero-order valence-corrected chi connectivity index (χ0v) is 19.0. The fraction of sp³-hybridized carbons (Fsp3) is 0.417. The number of carbonyl (C=O) groups is 2. The molecule has 0 unspecified atom stereocenters. The highest BCUT2D eigenvalue weighted by molar-refractivity contribution is 7.89. The van der Waals surface area contributed by atoms with E-state index in [4.69, 9.17) is 0 Å². The second-order valence-corrected chi connectivity index (χ2v) is 9.88. The van der Waals surface area contributed by atoms with Crippen molar-refractivity contribution in [2.45, 2.75) is 44.4 Å². The van der Waals surface area contributed by atoms with Crippen molar-refractivity contribution in [2.75, 3.05) is 24.5 Å². The molecule has 6 nitrogen and oxygen atoms in total. The summed E-state index contributed by atoms with van der Waals surface area (Å²) in [5.41, 5.74) is 1.26. The number of hydrogen-bond donors (Lipinski definition) is 0. The summed E-state index contributed by atoms with van der Waals surface area (Å²) in [5, 5.41) is 0. The fourth-order valence-corrected chi connectivity index (χ4v) is 5.39. The van der Waals surface area contributed by atoms with E-state index in [0.29, 0.717) is 38.0 Å². The Morgan fingerprint density at radius 3 is 2.32 bits per heavy atom. The van der Waals surface area contributed by atoms with Crippen LogP contribution in [0.3, 0.4) is 0 Å². The maximum atomic E-state index is 13.3. The normalized spacial score (nSPS) is 15.5. The molecule has 2 aromatic carbocycles. The number of anilines is 1. The molecule has 0 N–H and O–H groups in total. The van der Waals surface area contributed by atoms with Gasteiger partial charge >= 0.3 is 0 Å². The lowest BCUT2D eigenvalue weighted by Gasteiger charge is -2.34. The second kappa shape index (κ2) is 10.2. The minimum Gasteiger partial charge on any atom is -0.312 e.